The minimum absolute atomic E-state index is 0.446. The van der Waals surface area contributed by atoms with Gasteiger partial charge in [0.2, 0.25) is 0 Å². The molecule has 0 spiro atoms. The Morgan fingerprint density at radius 2 is 1.95 bits per heavy atom. The van der Waals surface area contributed by atoms with Crippen LogP contribution in [0, 0.1) is 0 Å². The molecular formula is C14H15Br2NOS. The number of aliphatic hydroxyl groups is 1. The van der Waals surface area contributed by atoms with Crippen molar-refractivity contribution < 1.29 is 5.11 Å². The van der Waals surface area contributed by atoms with E-state index in [9.17, 15) is 5.11 Å². The number of rotatable bonds is 6. The summed E-state index contributed by atoms with van der Waals surface area (Å²) >= 11 is 8.71. The van der Waals surface area contributed by atoms with E-state index in [1.165, 1.54) is 9.35 Å². The molecule has 0 fully saturated rings. The monoisotopic (exact) mass is 403 g/mol. The number of hydrogen-bond donors (Lipinski definition) is 2. The molecule has 1 unspecified atom stereocenters. The van der Waals surface area contributed by atoms with Crippen LogP contribution in [0.1, 0.15) is 17.2 Å². The summed E-state index contributed by atoms with van der Waals surface area (Å²) < 4.78 is 2.31. The van der Waals surface area contributed by atoms with E-state index in [4.69, 9.17) is 0 Å². The van der Waals surface area contributed by atoms with Gasteiger partial charge in [-0.3, -0.25) is 0 Å². The molecule has 5 heteroatoms. The number of thiophene rings is 1. The normalized spacial score (nSPS) is 12.6. The molecule has 1 aromatic heterocycles. The summed E-state index contributed by atoms with van der Waals surface area (Å²) in [6.45, 7) is 1.43. The van der Waals surface area contributed by atoms with Gasteiger partial charge < -0.3 is 10.4 Å². The van der Waals surface area contributed by atoms with Gasteiger partial charge in [-0.05, 0) is 62.0 Å². The molecule has 0 aliphatic carbocycles. The van der Waals surface area contributed by atoms with Gasteiger partial charge in [0.05, 0.1) is 13.7 Å². The Morgan fingerprint density at radius 1 is 1.21 bits per heavy atom. The lowest BCUT2D eigenvalue weighted by Gasteiger charge is -2.11. The largest absolute Gasteiger partial charge is 0.387 e. The van der Waals surface area contributed by atoms with Crippen LogP contribution < -0.4 is 5.32 Å². The lowest BCUT2D eigenvalue weighted by atomic mass is 10.1. The lowest BCUT2D eigenvalue weighted by Crippen LogP contribution is -2.23. The Balaban J connectivity index is 1.74. The van der Waals surface area contributed by atoms with Crippen molar-refractivity contribution in [3.63, 3.8) is 0 Å². The summed E-state index contributed by atoms with van der Waals surface area (Å²) in [6, 6.07) is 11.9. The van der Waals surface area contributed by atoms with Crippen LogP contribution >= 0.6 is 43.2 Å². The van der Waals surface area contributed by atoms with E-state index in [0.29, 0.717) is 6.54 Å². The van der Waals surface area contributed by atoms with Gasteiger partial charge in [-0.25, -0.2) is 0 Å². The molecule has 2 aromatic rings. The van der Waals surface area contributed by atoms with E-state index in [-0.39, 0.29) is 0 Å². The van der Waals surface area contributed by atoms with E-state index in [0.717, 1.165) is 22.3 Å². The summed E-state index contributed by atoms with van der Waals surface area (Å²) in [5.74, 6) is 0. The van der Waals surface area contributed by atoms with Crippen molar-refractivity contribution >= 4 is 43.2 Å². The van der Waals surface area contributed by atoms with Crippen molar-refractivity contribution in [2.75, 3.05) is 13.1 Å². The fourth-order valence-corrected chi connectivity index (χ4v) is 4.71. The molecule has 0 saturated carbocycles. The van der Waals surface area contributed by atoms with Gasteiger partial charge in [-0.1, -0.05) is 30.3 Å². The second kappa shape index (κ2) is 7.55. The Bertz CT molecular complexity index is 515. The van der Waals surface area contributed by atoms with Crippen molar-refractivity contribution in [2.45, 2.75) is 12.5 Å². The zero-order valence-electron chi connectivity index (χ0n) is 10.3. The number of benzene rings is 1. The second-order valence-electron chi connectivity index (χ2n) is 4.23. The first-order valence-corrected chi connectivity index (χ1v) is 8.44. The molecular weight excluding hydrogens is 390 g/mol. The third-order valence-corrected chi connectivity index (χ3v) is 5.28. The summed E-state index contributed by atoms with van der Waals surface area (Å²) in [4.78, 5) is 0. The van der Waals surface area contributed by atoms with Crippen LogP contribution in [-0.4, -0.2) is 18.2 Å². The van der Waals surface area contributed by atoms with Crippen molar-refractivity contribution in [3.8, 4) is 0 Å². The third kappa shape index (κ3) is 4.68. The summed E-state index contributed by atoms with van der Waals surface area (Å²) in [5.41, 5.74) is 2.24. The highest BCUT2D eigenvalue weighted by Gasteiger charge is 2.07. The van der Waals surface area contributed by atoms with E-state index in [2.05, 4.69) is 43.2 Å². The molecule has 2 rings (SSSR count). The average Bonchev–Trinajstić information content (AvgIpc) is 2.74. The lowest BCUT2D eigenvalue weighted by molar-refractivity contribution is 0.175. The first-order chi connectivity index (χ1) is 9.16. The first-order valence-electron chi connectivity index (χ1n) is 6.04. The highest BCUT2D eigenvalue weighted by molar-refractivity contribution is 9.12. The highest BCUT2D eigenvalue weighted by Crippen LogP contribution is 2.31. The Labute approximate surface area is 134 Å². The molecule has 0 amide bonds. The minimum Gasteiger partial charge on any atom is -0.387 e. The molecule has 102 valence electrons. The van der Waals surface area contributed by atoms with E-state index in [1.54, 1.807) is 11.3 Å². The van der Waals surface area contributed by atoms with Crippen LogP contribution in [0.5, 0.6) is 0 Å². The van der Waals surface area contributed by atoms with Crippen LogP contribution in [0.2, 0.25) is 0 Å². The molecule has 1 aromatic carbocycles. The van der Waals surface area contributed by atoms with Gasteiger partial charge >= 0.3 is 0 Å². The molecule has 0 bridgehead atoms. The van der Waals surface area contributed by atoms with Crippen LogP contribution in [0.3, 0.4) is 0 Å². The molecule has 0 saturated heterocycles. The number of halogens is 2. The number of aliphatic hydroxyl groups excluding tert-OH is 1. The standard InChI is InChI=1S/C14H15Br2NOS/c15-13-8-11(14(16)19-13)6-7-17-9-12(18)10-4-2-1-3-5-10/h1-5,8,12,17-18H,6-7,9H2. The van der Waals surface area contributed by atoms with Crippen molar-refractivity contribution in [1.82, 2.24) is 5.32 Å². The Kier molecular flexibility index (Phi) is 6.04. The zero-order chi connectivity index (χ0) is 13.7. The van der Waals surface area contributed by atoms with Gasteiger partial charge in [0.1, 0.15) is 0 Å². The van der Waals surface area contributed by atoms with E-state index < -0.39 is 6.10 Å². The number of nitrogens with one attached hydrogen (secondary N) is 1. The van der Waals surface area contributed by atoms with Crippen LogP contribution in [-0.2, 0) is 6.42 Å². The molecule has 2 N–H and O–H groups in total. The Morgan fingerprint density at radius 3 is 2.58 bits per heavy atom. The van der Waals surface area contributed by atoms with Gasteiger partial charge in [0.25, 0.3) is 0 Å². The predicted molar refractivity (Wildman–Crippen MR) is 87.7 cm³/mol. The van der Waals surface area contributed by atoms with Crippen molar-refractivity contribution in [2.24, 2.45) is 0 Å². The summed E-state index contributed by atoms with van der Waals surface area (Å²) in [5, 5.41) is 13.3. The average molecular weight is 405 g/mol. The van der Waals surface area contributed by atoms with Gasteiger partial charge in [-0.15, -0.1) is 11.3 Å². The SMILES string of the molecule is OC(CNCCc1cc(Br)sc1Br)c1ccccc1. The van der Waals surface area contributed by atoms with E-state index >= 15 is 0 Å². The maximum absolute atomic E-state index is 10.00. The van der Waals surface area contributed by atoms with Crippen LogP contribution in [0.25, 0.3) is 0 Å². The fraction of sp³-hybridized carbons (Fsp3) is 0.286. The quantitative estimate of drug-likeness (QED) is 0.709. The third-order valence-electron chi connectivity index (χ3n) is 2.82. The van der Waals surface area contributed by atoms with Gasteiger partial charge in [0, 0.05) is 6.54 Å². The zero-order valence-corrected chi connectivity index (χ0v) is 14.3. The van der Waals surface area contributed by atoms with Crippen LogP contribution in [0.4, 0.5) is 0 Å². The minimum atomic E-state index is -0.446. The first kappa shape index (κ1) is 15.2. The molecule has 19 heavy (non-hydrogen) atoms. The van der Waals surface area contributed by atoms with Crippen molar-refractivity contribution in [3.05, 3.63) is 55.1 Å². The second-order valence-corrected chi connectivity index (χ2v) is 7.98. The molecule has 2 nitrogen and oxygen atoms in total. The molecule has 1 heterocycles. The Hall–Kier alpha value is -0.200. The highest BCUT2D eigenvalue weighted by atomic mass is 79.9. The molecule has 0 aliphatic heterocycles. The van der Waals surface area contributed by atoms with Crippen molar-refractivity contribution in [1.29, 1.82) is 0 Å². The fourth-order valence-electron chi connectivity index (χ4n) is 1.80. The maximum Gasteiger partial charge on any atom is 0.0914 e. The topological polar surface area (TPSA) is 32.3 Å². The smallest absolute Gasteiger partial charge is 0.0914 e. The molecule has 1 atom stereocenters. The predicted octanol–water partition coefficient (Wildman–Crippen LogP) is 4.14. The molecule has 0 aliphatic rings. The maximum atomic E-state index is 10.00. The van der Waals surface area contributed by atoms with Gasteiger partial charge in [0.15, 0.2) is 0 Å². The van der Waals surface area contributed by atoms with E-state index in [1.807, 2.05) is 30.3 Å². The van der Waals surface area contributed by atoms with Crippen LogP contribution in [0.15, 0.2) is 44.0 Å². The summed E-state index contributed by atoms with van der Waals surface area (Å²) in [7, 11) is 0. The molecule has 0 radical (unpaired) electrons. The summed E-state index contributed by atoms with van der Waals surface area (Å²) in [6.07, 6.45) is 0.503. The number of hydrogen-bond acceptors (Lipinski definition) is 3. The van der Waals surface area contributed by atoms with Gasteiger partial charge in [-0.2, -0.15) is 0 Å².